The number of rotatable bonds is 5. The molecule has 0 aliphatic carbocycles. The number of benzene rings is 2. The summed E-state index contributed by atoms with van der Waals surface area (Å²) < 4.78 is 47.6. The van der Waals surface area contributed by atoms with Crippen molar-refractivity contribution in [3.05, 3.63) is 53.2 Å². The van der Waals surface area contributed by atoms with Crippen LogP contribution in [0.3, 0.4) is 0 Å². The zero-order valence-electron chi connectivity index (χ0n) is 16.4. The molecule has 1 fully saturated rings. The Kier molecular flexibility index (Phi) is 5.77. The lowest BCUT2D eigenvalue weighted by atomic mass is 10.2. The van der Waals surface area contributed by atoms with Crippen molar-refractivity contribution in [2.75, 3.05) is 25.5 Å². The van der Waals surface area contributed by atoms with Crippen LogP contribution in [0.4, 0.5) is 10.1 Å². The van der Waals surface area contributed by atoms with Gasteiger partial charge in [-0.1, -0.05) is 12.5 Å². The summed E-state index contributed by atoms with van der Waals surface area (Å²) in [5.41, 5.74) is 0.328. The third-order valence-electron chi connectivity index (χ3n) is 5.09. The third-order valence-corrected chi connectivity index (χ3v) is 8.11. The van der Waals surface area contributed by atoms with Gasteiger partial charge in [-0.25, -0.2) is 12.8 Å². The van der Waals surface area contributed by atoms with Crippen molar-refractivity contribution in [3.8, 4) is 5.75 Å². The van der Waals surface area contributed by atoms with E-state index in [0.717, 1.165) is 19.3 Å². The van der Waals surface area contributed by atoms with Gasteiger partial charge in [-0.2, -0.15) is 4.31 Å². The number of nitrogens with zero attached hydrogens (tertiary/aromatic N) is 1. The van der Waals surface area contributed by atoms with Crippen LogP contribution in [0.25, 0.3) is 10.1 Å². The first-order chi connectivity index (χ1) is 14.4. The van der Waals surface area contributed by atoms with E-state index in [4.69, 9.17) is 4.74 Å². The van der Waals surface area contributed by atoms with Crippen LogP contribution in [0.5, 0.6) is 5.75 Å². The second-order valence-corrected chi connectivity index (χ2v) is 10.0. The molecule has 1 aromatic heterocycles. The van der Waals surface area contributed by atoms with Crippen LogP contribution in [-0.2, 0) is 10.0 Å². The number of halogens is 1. The minimum atomic E-state index is -3.74. The SMILES string of the molecule is COc1ccc(NC(=O)c2cc3c(F)cccc3s2)cc1S(=O)(=O)N1CCCCC1. The summed E-state index contributed by atoms with van der Waals surface area (Å²) in [5.74, 6) is -0.591. The van der Waals surface area contributed by atoms with Gasteiger partial charge in [-0.15, -0.1) is 11.3 Å². The van der Waals surface area contributed by atoms with Gasteiger partial charge in [0.1, 0.15) is 16.5 Å². The molecule has 1 saturated heterocycles. The van der Waals surface area contributed by atoms with Crippen LogP contribution in [0, 0.1) is 5.82 Å². The van der Waals surface area contributed by atoms with E-state index in [2.05, 4.69) is 5.32 Å². The van der Waals surface area contributed by atoms with Gasteiger partial charge < -0.3 is 10.1 Å². The Bertz CT molecular complexity index is 1200. The van der Waals surface area contributed by atoms with Crippen molar-refractivity contribution in [2.45, 2.75) is 24.2 Å². The van der Waals surface area contributed by atoms with Gasteiger partial charge in [0.2, 0.25) is 10.0 Å². The van der Waals surface area contributed by atoms with Crippen molar-refractivity contribution in [1.82, 2.24) is 4.31 Å². The molecule has 0 saturated carbocycles. The first-order valence-electron chi connectivity index (χ1n) is 9.58. The number of fused-ring (bicyclic) bond motifs is 1. The first kappa shape index (κ1) is 20.8. The lowest BCUT2D eigenvalue weighted by Gasteiger charge is -2.26. The van der Waals surface area contributed by atoms with Crippen LogP contribution in [0.15, 0.2) is 47.4 Å². The quantitative estimate of drug-likeness (QED) is 0.625. The fourth-order valence-corrected chi connectivity index (χ4v) is 6.20. The van der Waals surface area contributed by atoms with Gasteiger partial charge in [0.15, 0.2) is 0 Å². The van der Waals surface area contributed by atoms with Crippen molar-refractivity contribution in [3.63, 3.8) is 0 Å². The zero-order chi connectivity index (χ0) is 21.3. The summed E-state index contributed by atoms with van der Waals surface area (Å²) in [6.07, 6.45) is 2.65. The number of hydrogen-bond acceptors (Lipinski definition) is 5. The molecule has 2 heterocycles. The molecule has 6 nitrogen and oxygen atoms in total. The number of carbonyl (C=O) groups is 1. The molecular weight excluding hydrogens is 427 g/mol. The summed E-state index contributed by atoms with van der Waals surface area (Å²) in [4.78, 5) is 13.1. The molecule has 0 unspecified atom stereocenters. The smallest absolute Gasteiger partial charge is 0.265 e. The molecule has 3 aromatic rings. The van der Waals surface area contributed by atoms with Crippen LogP contribution in [-0.4, -0.2) is 38.8 Å². The van der Waals surface area contributed by atoms with Crippen molar-refractivity contribution < 1.29 is 22.3 Å². The van der Waals surface area contributed by atoms with Crippen LogP contribution >= 0.6 is 11.3 Å². The molecule has 4 rings (SSSR count). The number of piperidine rings is 1. The molecule has 2 aromatic carbocycles. The molecule has 30 heavy (non-hydrogen) atoms. The monoisotopic (exact) mass is 448 g/mol. The van der Waals surface area contributed by atoms with Crippen molar-refractivity contribution >= 4 is 43.0 Å². The summed E-state index contributed by atoms with van der Waals surface area (Å²) in [7, 11) is -2.33. The van der Waals surface area contributed by atoms with Crippen LogP contribution in [0.2, 0.25) is 0 Å². The first-order valence-corrected chi connectivity index (χ1v) is 11.8. The Hall–Kier alpha value is -2.49. The Balaban J connectivity index is 1.63. The number of carbonyl (C=O) groups excluding carboxylic acids is 1. The standard InChI is InChI=1S/C21H21FN2O4S2/c1-28-17-9-8-14(12-20(17)30(26,27)24-10-3-2-4-11-24)23-21(25)19-13-15-16(22)6-5-7-18(15)29-19/h5-9,12-13H,2-4,10-11H2,1H3,(H,23,25). The van der Waals surface area contributed by atoms with E-state index in [0.29, 0.717) is 33.7 Å². The van der Waals surface area contributed by atoms with E-state index in [1.807, 2.05) is 0 Å². The summed E-state index contributed by atoms with van der Waals surface area (Å²) >= 11 is 1.18. The maximum atomic E-state index is 13.9. The van der Waals surface area contributed by atoms with E-state index in [9.17, 15) is 17.6 Å². The maximum Gasteiger partial charge on any atom is 0.265 e. The number of sulfonamides is 1. The lowest BCUT2D eigenvalue weighted by molar-refractivity contribution is 0.103. The highest BCUT2D eigenvalue weighted by Crippen LogP contribution is 2.32. The Morgan fingerprint density at radius 2 is 1.90 bits per heavy atom. The summed E-state index contributed by atoms with van der Waals surface area (Å²) in [5, 5.41) is 3.10. The highest BCUT2D eigenvalue weighted by atomic mass is 32.2. The molecule has 0 bridgehead atoms. The molecular formula is C21H21FN2O4S2. The predicted molar refractivity (Wildman–Crippen MR) is 115 cm³/mol. The minimum absolute atomic E-state index is 0.0204. The molecule has 0 spiro atoms. The Labute approximate surface area is 178 Å². The number of hydrogen-bond donors (Lipinski definition) is 1. The van der Waals surface area contributed by atoms with Gasteiger partial charge in [-0.3, -0.25) is 4.79 Å². The fourth-order valence-electron chi connectivity index (χ4n) is 3.53. The van der Waals surface area contributed by atoms with Gasteiger partial charge in [0.25, 0.3) is 5.91 Å². The number of methoxy groups -OCH3 is 1. The molecule has 1 aliphatic heterocycles. The summed E-state index contributed by atoms with van der Waals surface area (Å²) in [6, 6.07) is 10.7. The van der Waals surface area contributed by atoms with E-state index >= 15 is 0 Å². The minimum Gasteiger partial charge on any atom is -0.495 e. The van der Waals surface area contributed by atoms with E-state index in [1.54, 1.807) is 18.2 Å². The highest BCUT2D eigenvalue weighted by Gasteiger charge is 2.29. The number of thiophene rings is 1. The predicted octanol–water partition coefficient (Wildman–Crippen LogP) is 4.48. The molecule has 9 heteroatoms. The number of amides is 1. The molecule has 158 valence electrons. The number of anilines is 1. The maximum absolute atomic E-state index is 13.9. The second kappa shape index (κ2) is 8.33. The van der Waals surface area contributed by atoms with Gasteiger partial charge in [0, 0.05) is 28.9 Å². The molecule has 0 atom stereocenters. The topological polar surface area (TPSA) is 75.7 Å². The molecule has 0 radical (unpaired) electrons. The molecule has 1 amide bonds. The Morgan fingerprint density at radius 1 is 1.13 bits per heavy atom. The number of nitrogens with one attached hydrogen (secondary N) is 1. The highest BCUT2D eigenvalue weighted by molar-refractivity contribution is 7.89. The second-order valence-electron chi connectivity index (χ2n) is 7.05. The average Bonchev–Trinajstić information content (AvgIpc) is 3.20. The van der Waals surface area contributed by atoms with Gasteiger partial charge >= 0.3 is 0 Å². The normalized spacial score (nSPS) is 15.3. The fraction of sp³-hybridized carbons (Fsp3) is 0.286. The van der Waals surface area contributed by atoms with Crippen LogP contribution < -0.4 is 10.1 Å². The van der Waals surface area contributed by atoms with E-state index in [-0.39, 0.29) is 16.5 Å². The number of ether oxygens (including phenoxy) is 1. The Morgan fingerprint density at radius 3 is 2.60 bits per heavy atom. The van der Waals surface area contributed by atoms with Crippen molar-refractivity contribution in [2.24, 2.45) is 0 Å². The van der Waals surface area contributed by atoms with Crippen molar-refractivity contribution in [1.29, 1.82) is 0 Å². The zero-order valence-corrected chi connectivity index (χ0v) is 18.0. The van der Waals surface area contributed by atoms with Gasteiger partial charge in [0.05, 0.1) is 12.0 Å². The van der Waals surface area contributed by atoms with E-state index in [1.165, 1.54) is 47.0 Å². The molecule has 1 aliphatic rings. The summed E-state index contributed by atoms with van der Waals surface area (Å²) in [6.45, 7) is 0.935. The van der Waals surface area contributed by atoms with Gasteiger partial charge in [-0.05, 0) is 49.2 Å². The van der Waals surface area contributed by atoms with E-state index < -0.39 is 15.9 Å². The average molecular weight is 449 g/mol. The largest absolute Gasteiger partial charge is 0.495 e. The van der Waals surface area contributed by atoms with Crippen LogP contribution in [0.1, 0.15) is 28.9 Å². The third kappa shape index (κ3) is 3.92. The molecule has 1 N–H and O–H groups in total. The lowest BCUT2D eigenvalue weighted by Crippen LogP contribution is -2.35.